The summed E-state index contributed by atoms with van der Waals surface area (Å²) in [5.41, 5.74) is 1.25. The fraction of sp³-hybridized carbons (Fsp3) is 0.409. The Morgan fingerprint density at radius 2 is 1.90 bits per heavy atom. The molecule has 2 aromatic carbocycles. The van der Waals surface area contributed by atoms with Crippen LogP contribution in [0.15, 0.2) is 42.5 Å². The SMILES string of the molecule is Cc1ccccc1CS(=O)(=O)CC12CC(NC(=O)COc3ccc(Cl)c(F)c3)(C1)C2. The fourth-order valence-electron chi connectivity index (χ4n) is 4.86. The zero-order valence-electron chi connectivity index (χ0n) is 16.6. The van der Waals surface area contributed by atoms with Gasteiger partial charge in [0.25, 0.3) is 5.91 Å². The highest BCUT2D eigenvalue weighted by Crippen LogP contribution is 2.67. The van der Waals surface area contributed by atoms with Gasteiger partial charge in [0.2, 0.25) is 0 Å². The van der Waals surface area contributed by atoms with Crippen LogP contribution in [0, 0.1) is 18.2 Å². The summed E-state index contributed by atoms with van der Waals surface area (Å²) in [7, 11) is -3.23. The van der Waals surface area contributed by atoms with E-state index < -0.39 is 15.7 Å². The zero-order valence-corrected chi connectivity index (χ0v) is 18.2. The maximum Gasteiger partial charge on any atom is 0.258 e. The molecule has 0 heterocycles. The predicted octanol–water partition coefficient (Wildman–Crippen LogP) is 3.82. The summed E-state index contributed by atoms with van der Waals surface area (Å²) in [5.74, 6) is -0.494. The molecule has 0 atom stereocenters. The van der Waals surface area contributed by atoms with Crippen molar-refractivity contribution in [1.82, 2.24) is 5.32 Å². The number of nitrogens with one attached hydrogen (secondary N) is 1. The second-order valence-corrected chi connectivity index (χ2v) is 11.2. The molecule has 160 valence electrons. The number of ether oxygens (including phenoxy) is 1. The highest BCUT2D eigenvalue weighted by molar-refractivity contribution is 7.90. The normalized spacial score (nSPS) is 24.5. The Balaban J connectivity index is 1.25. The average Bonchev–Trinajstić information content (AvgIpc) is 2.61. The van der Waals surface area contributed by atoms with E-state index in [-0.39, 0.29) is 45.7 Å². The van der Waals surface area contributed by atoms with Gasteiger partial charge < -0.3 is 10.1 Å². The van der Waals surface area contributed by atoms with Crippen LogP contribution in [-0.4, -0.2) is 32.2 Å². The Bertz CT molecular complexity index is 1080. The molecule has 30 heavy (non-hydrogen) atoms. The number of rotatable bonds is 8. The largest absolute Gasteiger partial charge is 0.484 e. The van der Waals surface area contributed by atoms with Crippen LogP contribution in [0.4, 0.5) is 4.39 Å². The smallest absolute Gasteiger partial charge is 0.258 e. The summed E-state index contributed by atoms with van der Waals surface area (Å²) < 4.78 is 44.1. The number of aryl methyl sites for hydroxylation is 1. The third kappa shape index (κ3) is 4.32. The number of sulfone groups is 1. The fourth-order valence-corrected chi connectivity index (χ4v) is 7.11. The Morgan fingerprint density at radius 3 is 2.57 bits per heavy atom. The molecular formula is C22H23ClFNO4S. The first-order valence-electron chi connectivity index (χ1n) is 9.73. The minimum atomic E-state index is -3.23. The van der Waals surface area contributed by atoms with Crippen molar-refractivity contribution in [2.45, 2.75) is 37.5 Å². The molecule has 8 heteroatoms. The second kappa shape index (κ2) is 7.54. The highest BCUT2D eigenvalue weighted by Gasteiger charge is 2.69. The minimum absolute atomic E-state index is 0.0108. The van der Waals surface area contributed by atoms with E-state index in [1.54, 1.807) is 0 Å². The number of carbonyl (C=O) groups is 1. The van der Waals surface area contributed by atoms with Crippen molar-refractivity contribution in [2.24, 2.45) is 5.41 Å². The minimum Gasteiger partial charge on any atom is -0.484 e. The van der Waals surface area contributed by atoms with Crippen molar-refractivity contribution in [2.75, 3.05) is 12.4 Å². The van der Waals surface area contributed by atoms with Crippen LogP contribution >= 0.6 is 11.6 Å². The molecule has 0 saturated heterocycles. The van der Waals surface area contributed by atoms with Crippen molar-refractivity contribution in [1.29, 1.82) is 0 Å². The van der Waals surface area contributed by atoms with Crippen LogP contribution in [0.5, 0.6) is 5.75 Å². The van der Waals surface area contributed by atoms with E-state index in [4.69, 9.17) is 16.3 Å². The first kappa shape index (κ1) is 21.1. The van der Waals surface area contributed by atoms with Gasteiger partial charge in [0.1, 0.15) is 11.6 Å². The van der Waals surface area contributed by atoms with Gasteiger partial charge in [0.15, 0.2) is 16.4 Å². The van der Waals surface area contributed by atoms with Crippen LogP contribution in [0.3, 0.4) is 0 Å². The number of hydrogen-bond donors (Lipinski definition) is 1. The first-order valence-corrected chi connectivity index (χ1v) is 11.9. The summed E-state index contributed by atoms with van der Waals surface area (Å²) in [6.07, 6.45) is 1.98. The van der Waals surface area contributed by atoms with E-state index in [1.165, 1.54) is 12.1 Å². The quantitative estimate of drug-likeness (QED) is 0.662. The lowest BCUT2D eigenvalue weighted by atomic mass is 9.40. The second-order valence-electron chi connectivity index (χ2n) is 8.68. The monoisotopic (exact) mass is 451 g/mol. The summed E-state index contributed by atoms with van der Waals surface area (Å²) in [6.45, 7) is 1.68. The maximum absolute atomic E-state index is 13.4. The molecule has 1 N–H and O–H groups in total. The Morgan fingerprint density at radius 1 is 1.20 bits per heavy atom. The number of halogens is 2. The van der Waals surface area contributed by atoms with Gasteiger partial charge in [0, 0.05) is 11.6 Å². The van der Waals surface area contributed by atoms with E-state index in [1.807, 2.05) is 31.2 Å². The van der Waals surface area contributed by atoms with Crippen molar-refractivity contribution >= 4 is 27.3 Å². The number of amides is 1. The number of benzene rings is 2. The summed E-state index contributed by atoms with van der Waals surface area (Å²) >= 11 is 5.62. The molecule has 1 amide bonds. The average molecular weight is 452 g/mol. The van der Waals surface area contributed by atoms with Crippen molar-refractivity contribution < 1.29 is 22.3 Å². The van der Waals surface area contributed by atoms with Crippen LogP contribution < -0.4 is 10.1 Å². The zero-order chi connectivity index (χ0) is 21.6. The first-order chi connectivity index (χ1) is 14.1. The molecule has 0 aromatic heterocycles. The van der Waals surface area contributed by atoms with E-state index in [9.17, 15) is 17.6 Å². The van der Waals surface area contributed by atoms with Gasteiger partial charge >= 0.3 is 0 Å². The van der Waals surface area contributed by atoms with Crippen LogP contribution in [-0.2, 0) is 20.4 Å². The lowest BCUT2D eigenvalue weighted by Crippen LogP contribution is -2.76. The van der Waals surface area contributed by atoms with Crippen LogP contribution in [0.25, 0.3) is 0 Å². The number of hydrogen-bond acceptors (Lipinski definition) is 4. The molecule has 0 radical (unpaired) electrons. The summed E-state index contributed by atoms with van der Waals surface area (Å²) in [6, 6.07) is 11.5. The van der Waals surface area contributed by atoms with Gasteiger partial charge in [-0.2, -0.15) is 0 Å². The molecular weight excluding hydrogens is 429 g/mol. The molecule has 3 fully saturated rings. The lowest BCUT2D eigenvalue weighted by molar-refractivity contribution is -0.156. The summed E-state index contributed by atoms with van der Waals surface area (Å²) in [4.78, 5) is 12.2. The van der Waals surface area contributed by atoms with E-state index in [0.29, 0.717) is 19.3 Å². The maximum atomic E-state index is 13.4. The standard InChI is InChI=1S/C22H23ClFNO4S/c1-15-4-2-3-5-16(15)10-30(27,28)14-21-11-22(12-21,13-21)25-20(26)9-29-17-6-7-18(23)19(24)8-17/h2-8H,9-14H2,1H3,(H,25,26). The molecule has 0 unspecified atom stereocenters. The molecule has 3 aliphatic rings. The van der Waals surface area contributed by atoms with Crippen molar-refractivity contribution in [3.63, 3.8) is 0 Å². The van der Waals surface area contributed by atoms with Gasteiger partial charge in [-0.1, -0.05) is 35.9 Å². The van der Waals surface area contributed by atoms with Gasteiger partial charge in [-0.05, 0) is 54.9 Å². The molecule has 3 aliphatic carbocycles. The van der Waals surface area contributed by atoms with E-state index >= 15 is 0 Å². The molecule has 2 aromatic rings. The molecule has 5 nitrogen and oxygen atoms in total. The van der Waals surface area contributed by atoms with Crippen molar-refractivity contribution in [3.05, 3.63) is 64.4 Å². The molecule has 3 saturated carbocycles. The lowest BCUT2D eigenvalue weighted by Gasteiger charge is -2.70. The van der Waals surface area contributed by atoms with Crippen molar-refractivity contribution in [3.8, 4) is 5.75 Å². The van der Waals surface area contributed by atoms with Gasteiger partial charge in [-0.15, -0.1) is 0 Å². The van der Waals surface area contributed by atoms with Gasteiger partial charge in [-0.3, -0.25) is 4.79 Å². The summed E-state index contributed by atoms with van der Waals surface area (Å²) in [5, 5.41) is 2.93. The highest BCUT2D eigenvalue weighted by atomic mass is 35.5. The van der Waals surface area contributed by atoms with E-state index in [2.05, 4.69) is 5.32 Å². The molecule has 0 aliphatic heterocycles. The Hall–Kier alpha value is -2.12. The molecule has 0 spiro atoms. The van der Waals surface area contributed by atoms with Gasteiger partial charge in [0.05, 0.1) is 16.5 Å². The molecule has 2 bridgehead atoms. The topological polar surface area (TPSA) is 72.5 Å². The third-order valence-corrected chi connectivity index (χ3v) is 8.08. The van der Waals surface area contributed by atoms with Crippen LogP contribution in [0.2, 0.25) is 5.02 Å². The Labute approximate surface area is 180 Å². The third-order valence-electron chi connectivity index (χ3n) is 5.97. The molecule has 5 rings (SSSR count). The van der Waals surface area contributed by atoms with E-state index in [0.717, 1.165) is 17.2 Å². The Kier molecular flexibility index (Phi) is 5.31. The van der Waals surface area contributed by atoms with Crippen LogP contribution in [0.1, 0.15) is 30.4 Å². The van der Waals surface area contributed by atoms with Gasteiger partial charge in [-0.25, -0.2) is 12.8 Å². The predicted molar refractivity (Wildman–Crippen MR) is 113 cm³/mol. The number of carbonyl (C=O) groups excluding carboxylic acids is 1.